The Morgan fingerprint density at radius 2 is 1.78 bits per heavy atom. The first-order valence-corrected chi connectivity index (χ1v) is 13.0. The molecule has 0 radical (unpaired) electrons. The van der Waals surface area contributed by atoms with Gasteiger partial charge < -0.3 is 14.5 Å². The van der Waals surface area contributed by atoms with Crippen LogP contribution in [0.3, 0.4) is 0 Å². The van der Waals surface area contributed by atoms with E-state index in [1.165, 1.54) is 6.21 Å². The van der Waals surface area contributed by atoms with Crippen molar-refractivity contribution in [3.8, 4) is 28.7 Å². The molecule has 0 aliphatic rings. The van der Waals surface area contributed by atoms with E-state index in [4.69, 9.17) is 21.1 Å². The SMILES string of the molecule is CCOc1cc(C=NNC(=O)c2[nH]c3c(C#N)cccc3c2-c2ccccc2)ccc1OC(=O)c1ccc(Cl)cc1. The molecule has 0 spiro atoms. The van der Waals surface area contributed by atoms with Gasteiger partial charge in [-0.05, 0) is 66.6 Å². The number of halogens is 1. The molecule has 1 amide bonds. The zero-order chi connectivity index (χ0) is 28.8. The second-order valence-corrected chi connectivity index (χ2v) is 9.25. The Balaban J connectivity index is 1.38. The van der Waals surface area contributed by atoms with Gasteiger partial charge in [-0.25, -0.2) is 10.2 Å². The fraction of sp³-hybridized carbons (Fsp3) is 0.0625. The van der Waals surface area contributed by atoms with E-state index >= 15 is 0 Å². The van der Waals surface area contributed by atoms with Gasteiger partial charge in [-0.2, -0.15) is 10.4 Å². The van der Waals surface area contributed by atoms with Gasteiger partial charge >= 0.3 is 5.97 Å². The van der Waals surface area contributed by atoms with Crippen molar-refractivity contribution in [3.05, 3.63) is 118 Å². The normalized spacial score (nSPS) is 10.9. The minimum Gasteiger partial charge on any atom is -0.490 e. The smallest absolute Gasteiger partial charge is 0.343 e. The topological polar surface area (TPSA) is 117 Å². The van der Waals surface area contributed by atoms with Gasteiger partial charge in [0, 0.05) is 16.0 Å². The molecule has 0 aliphatic carbocycles. The van der Waals surface area contributed by atoms with Crippen molar-refractivity contribution in [2.24, 2.45) is 5.10 Å². The van der Waals surface area contributed by atoms with Gasteiger partial charge in [-0.3, -0.25) is 4.79 Å². The van der Waals surface area contributed by atoms with Crippen LogP contribution in [0.25, 0.3) is 22.0 Å². The van der Waals surface area contributed by atoms with Crippen molar-refractivity contribution in [1.29, 1.82) is 5.26 Å². The Bertz CT molecular complexity index is 1810. The lowest BCUT2D eigenvalue weighted by Gasteiger charge is -2.11. The van der Waals surface area contributed by atoms with E-state index in [2.05, 4.69) is 21.6 Å². The molecule has 1 heterocycles. The van der Waals surface area contributed by atoms with Gasteiger partial charge in [0.15, 0.2) is 11.5 Å². The number of amides is 1. The number of H-pyrrole nitrogens is 1. The van der Waals surface area contributed by atoms with Gasteiger partial charge in [0.25, 0.3) is 5.91 Å². The Morgan fingerprint density at radius 1 is 1.00 bits per heavy atom. The number of carbonyl (C=O) groups is 2. The number of hydrogen-bond donors (Lipinski definition) is 2. The summed E-state index contributed by atoms with van der Waals surface area (Å²) in [6.07, 6.45) is 1.46. The maximum atomic E-state index is 13.3. The predicted molar refractivity (Wildman–Crippen MR) is 158 cm³/mol. The first-order valence-electron chi connectivity index (χ1n) is 12.7. The zero-order valence-electron chi connectivity index (χ0n) is 21.9. The minimum atomic E-state index is -0.552. The first kappa shape index (κ1) is 27.2. The highest BCUT2D eigenvalue weighted by Gasteiger charge is 2.20. The fourth-order valence-corrected chi connectivity index (χ4v) is 4.44. The average Bonchev–Trinajstić information content (AvgIpc) is 3.39. The molecule has 0 aliphatic heterocycles. The minimum absolute atomic E-state index is 0.242. The van der Waals surface area contributed by atoms with Crippen molar-refractivity contribution >= 4 is 40.6 Å². The largest absolute Gasteiger partial charge is 0.490 e. The van der Waals surface area contributed by atoms with Crippen molar-refractivity contribution in [2.75, 3.05) is 6.61 Å². The maximum Gasteiger partial charge on any atom is 0.343 e. The highest BCUT2D eigenvalue weighted by atomic mass is 35.5. The van der Waals surface area contributed by atoms with Crippen molar-refractivity contribution in [3.63, 3.8) is 0 Å². The fourth-order valence-electron chi connectivity index (χ4n) is 4.31. The van der Waals surface area contributed by atoms with Crippen LogP contribution in [-0.2, 0) is 0 Å². The molecule has 0 saturated heterocycles. The summed E-state index contributed by atoms with van der Waals surface area (Å²) in [4.78, 5) is 29.0. The average molecular weight is 563 g/mol. The Hall–Kier alpha value is -5.39. The number of hydrogen-bond acceptors (Lipinski definition) is 6. The second-order valence-electron chi connectivity index (χ2n) is 8.82. The monoisotopic (exact) mass is 562 g/mol. The predicted octanol–water partition coefficient (Wildman–Crippen LogP) is 6.74. The van der Waals surface area contributed by atoms with Crippen LogP contribution in [0.2, 0.25) is 5.02 Å². The van der Waals surface area contributed by atoms with Crippen LogP contribution in [0, 0.1) is 11.3 Å². The Labute approximate surface area is 240 Å². The summed E-state index contributed by atoms with van der Waals surface area (Å²) in [6, 6.07) is 28.3. The summed E-state index contributed by atoms with van der Waals surface area (Å²) >= 11 is 5.90. The molecule has 8 nitrogen and oxygen atoms in total. The van der Waals surface area contributed by atoms with Crippen molar-refractivity contribution in [1.82, 2.24) is 10.4 Å². The molecule has 0 fully saturated rings. The van der Waals surface area contributed by atoms with Gasteiger partial charge in [-0.15, -0.1) is 0 Å². The Kier molecular flexibility index (Phi) is 8.09. The standard InChI is InChI=1S/C32H23ClN4O4/c1-2-40-27-17-20(11-16-26(27)41-32(39)22-12-14-24(33)15-13-22)19-35-37-31(38)30-28(21-7-4-3-5-8-21)25-10-6-9-23(18-34)29(25)36-30/h3-17,19,36H,2H2,1H3,(H,37,38). The summed E-state index contributed by atoms with van der Waals surface area (Å²) in [7, 11) is 0. The number of rotatable bonds is 8. The number of benzene rings is 4. The molecular weight excluding hydrogens is 540 g/mol. The van der Waals surface area contributed by atoms with E-state index in [0.717, 1.165) is 10.9 Å². The van der Waals surface area contributed by atoms with Crippen LogP contribution in [-0.4, -0.2) is 29.7 Å². The van der Waals surface area contributed by atoms with Crippen LogP contribution in [0.5, 0.6) is 11.5 Å². The van der Waals surface area contributed by atoms with E-state index in [9.17, 15) is 14.9 Å². The summed E-state index contributed by atoms with van der Waals surface area (Å²) in [5, 5.41) is 15.0. The molecule has 2 N–H and O–H groups in total. The van der Waals surface area contributed by atoms with Crippen molar-refractivity contribution in [2.45, 2.75) is 6.92 Å². The number of aromatic amines is 1. The van der Waals surface area contributed by atoms with Crippen LogP contribution < -0.4 is 14.9 Å². The van der Waals surface area contributed by atoms with E-state index in [1.54, 1.807) is 54.6 Å². The summed E-state index contributed by atoms with van der Waals surface area (Å²) in [5.41, 5.74) is 6.31. The summed E-state index contributed by atoms with van der Waals surface area (Å²) in [5.74, 6) is -0.440. The van der Waals surface area contributed by atoms with Gasteiger partial charge in [0.05, 0.1) is 29.5 Å². The van der Waals surface area contributed by atoms with Crippen LogP contribution >= 0.6 is 11.6 Å². The van der Waals surface area contributed by atoms with E-state index in [0.29, 0.717) is 45.1 Å². The van der Waals surface area contributed by atoms with Crippen molar-refractivity contribution < 1.29 is 19.1 Å². The molecule has 1 aromatic heterocycles. The number of nitriles is 1. The van der Waals surface area contributed by atoms with E-state index < -0.39 is 11.9 Å². The molecule has 9 heteroatoms. The number of nitrogens with one attached hydrogen (secondary N) is 2. The number of para-hydroxylation sites is 1. The third-order valence-corrected chi connectivity index (χ3v) is 6.43. The van der Waals surface area contributed by atoms with Gasteiger partial charge in [0.2, 0.25) is 0 Å². The molecule has 4 aromatic carbocycles. The third-order valence-electron chi connectivity index (χ3n) is 6.17. The van der Waals surface area contributed by atoms with Gasteiger partial charge in [-0.1, -0.05) is 54.1 Å². The molecule has 0 saturated carbocycles. The number of esters is 1. The van der Waals surface area contributed by atoms with Crippen LogP contribution in [0.4, 0.5) is 0 Å². The third kappa shape index (κ3) is 5.96. The molecule has 5 rings (SSSR count). The molecule has 41 heavy (non-hydrogen) atoms. The first-order chi connectivity index (χ1) is 20.0. The molecule has 202 valence electrons. The lowest BCUT2D eigenvalue weighted by atomic mass is 10.0. The summed E-state index contributed by atoms with van der Waals surface area (Å²) < 4.78 is 11.2. The van der Waals surface area contributed by atoms with E-state index in [1.807, 2.05) is 43.3 Å². The molecular formula is C32H23ClN4O4. The quantitative estimate of drug-likeness (QED) is 0.0939. The van der Waals surface area contributed by atoms with Crippen LogP contribution in [0.15, 0.2) is 96.1 Å². The maximum absolute atomic E-state index is 13.3. The number of carbonyl (C=O) groups excluding carboxylic acids is 2. The summed E-state index contributed by atoms with van der Waals surface area (Å²) in [6.45, 7) is 2.16. The van der Waals surface area contributed by atoms with E-state index in [-0.39, 0.29) is 11.4 Å². The molecule has 5 aromatic rings. The molecule has 0 atom stereocenters. The molecule has 0 unspecified atom stereocenters. The Morgan fingerprint density at radius 3 is 2.51 bits per heavy atom. The number of nitrogens with zero attached hydrogens (tertiary/aromatic N) is 2. The van der Waals surface area contributed by atoms with Crippen LogP contribution in [0.1, 0.15) is 38.9 Å². The highest BCUT2D eigenvalue weighted by Crippen LogP contribution is 2.34. The van der Waals surface area contributed by atoms with Gasteiger partial charge in [0.1, 0.15) is 11.8 Å². The number of ether oxygens (including phenoxy) is 2. The second kappa shape index (κ2) is 12.2. The lowest BCUT2D eigenvalue weighted by Crippen LogP contribution is -2.19. The zero-order valence-corrected chi connectivity index (χ0v) is 22.6. The number of aromatic nitrogens is 1. The number of fused-ring (bicyclic) bond motifs is 1. The molecule has 0 bridgehead atoms. The number of hydrazone groups is 1. The lowest BCUT2D eigenvalue weighted by molar-refractivity contribution is 0.0728. The highest BCUT2D eigenvalue weighted by molar-refractivity contribution is 6.30.